The van der Waals surface area contributed by atoms with E-state index in [2.05, 4.69) is 10.1 Å². The zero-order valence-corrected chi connectivity index (χ0v) is 14.0. The summed E-state index contributed by atoms with van der Waals surface area (Å²) in [7, 11) is 0. The van der Waals surface area contributed by atoms with Crippen LogP contribution in [0.1, 0.15) is 58.7 Å². The van der Waals surface area contributed by atoms with Crippen LogP contribution >= 0.6 is 0 Å². The van der Waals surface area contributed by atoms with E-state index in [4.69, 9.17) is 4.52 Å². The molecule has 22 heavy (non-hydrogen) atoms. The molecule has 6 nitrogen and oxygen atoms in total. The third-order valence-electron chi connectivity index (χ3n) is 4.19. The van der Waals surface area contributed by atoms with E-state index in [-0.39, 0.29) is 17.2 Å². The molecule has 0 aromatic carbocycles. The van der Waals surface area contributed by atoms with Crippen LogP contribution in [0.25, 0.3) is 0 Å². The maximum Gasteiger partial charge on any atom is 0.226 e. The zero-order valence-electron chi connectivity index (χ0n) is 14.0. The van der Waals surface area contributed by atoms with Gasteiger partial charge in [0.1, 0.15) is 0 Å². The number of rotatable bonds is 4. The van der Waals surface area contributed by atoms with Gasteiger partial charge in [-0.15, -0.1) is 0 Å². The molecule has 0 bridgehead atoms. The highest BCUT2D eigenvalue weighted by molar-refractivity contribution is 5.76. The number of aryl methyl sites for hydroxylation is 1. The highest BCUT2D eigenvalue weighted by Gasteiger charge is 2.27. The van der Waals surface area contributed by atoms with E-state index in [0.717, 1.165) is 13.0 Å². The van der Waals surface area contributed by atoms with Crippen molar-refractivity contribution in [2.75, 3.05) is 13.1 Å². The third-order valence-corrected chi connectivity index (χ3v) is 4.19. The van der Waals surface area contributed by atoms with Gasteiger partial charge in [-0.2, -0.15) is 4.98 Å². The number of aliphatic hydroxyl groups is 1. The number of nitrogens with zero attached hydrogens (tertiary/aromatic N) is 3. The minimum Gasteiger partial charge on any atom is -0.391 e. The first-order valence-corrected chi connectivity index (χ1v) is 8.06. The topological polar surface area (TPSA) is 79.5 Å². The van der Waals surface area contributed by atoms with Crippen LogP contribution in [0.15, 0.2) is 4.52 Å². The van der Waals surface area contributed by atoms with E-state index in [9.17, 15) is 9.90 Å². The molecule has 2 rings (SSSR count). The van der Waals surface area contributed by atoms with Gasteiger partial charge in [0.15, 0.2) is 5.82 Å². The molecule has 124 valence electrons. The van der Waals surface area contributed by atoms with Crippen molar-refractivity contribution in [3.63, 3.8) is 0 Å². The molecular formula is C16H27N3O3. The van der Waals surface area contributed by atoms with Crippen LogP contribution in [-0.4, -0.2) is 45.2 Å². The molecule has 0 radical (unpaired) electrons. The van der Waals surface area contributed by atoms with E-state index >= 15 is 0 Å². The van der Waals surface area contributed by atoms with Crippen LogP contribution in [-0.2, 0) is 16.6 Å². The van der Waals surface area contributed by atoms with Crippen molar-refractivity contribution in [1.82, 2.24) is 15.0 Å². The van der Waals surface area contributed by atoms with Crippen LogP contribution in [0.3, 0.4) is 0 Å². The van der Waals surface area contributed by atoms with Crippen molar-refractivity contribution in [2.45, 2.75) is 64.9 Å². The summed E-state index contributed by atoms with van der Waals surface area (Å²) in [6.07, 6.45) is 2.22. The highest BCUT2D eigenvalue weighted by atomic mass is 16.5. The molecule has 2 atom stereocenters. The smallest absolute Gasteiger partial charge is 0.226 e. The van der Waals surface area contributed by atoms with Crippen LogP contribution in [0.4, 0.5) is 0 Å². The van der Waals surface area contributed by atoms with Gasteiger partial charge >= 0.3 is 0 Å². The fraction of sp³-hybridized carbons (Fsp3) is 0.812. The Balaban J connectivity index is 1.76. The number of aliphatic hydroxyl groups excluding tert-OH is 1. The average Bonchev–Trinajstić information content (AvgIpc) is 2.90. The second kappa shape index (κ2) is 6.77. The average molecular weight is 309 g/mol. The number of hydrogen-bond donors (Lipinski definition) is 1. The Morgan fingerprint density at radius 1 is 1.45 bits per heavy atom. The number of β-amino-alcohol motifs (C(OH)–C–C–N with tert-alkyl or cyclic N) is 1. The minimum atomic E-state index is -0.400. The molecule has 1 aromatic rings. The quantitative estimate of drug-likeness (QED) is 0.919. The van der Waals surface area contributed by atoms with Crippen molar-refractivity contribution in [3.8, 4) is 0 Å². The van der Waals surface area contributed by atoms with E-state index in [0.29, 0.717) is 37.5 Å². The Morgan fingerprint density at radius 2 is 2.18 bits per heavy atom. The lowest BCUT2D eigenvalue weighted by molar-refractivity contribution is -0.135. The molecule has 1 aromatic heterocycles. The lowest BCUT2D eigenvalue weighted by atomic mass is 9.96. The molecule has 1 saturated heterocycles. The number of likely N-dealkylation sites (tertiary alicyclic amines) is 1. The van der Waals surface area contributed by atoms with Gasteiger partial charge in [0, 0.05) is 31.3 Å². The molecule has 0 aliphatic carbocycles. The van der Waals surface area contributed by atoms with Crippen LogP contribution < -0.4 is 0 Å². The Labute approximate surface area is 131 Å². The fourth-order valence-corrected chi connectivity index (χ4v) is 2.49. The number of carbonyl (C=O) groups is 1. The number of hydrogen-bond acceptors (Lipinski definition) is 5. The summed E-state index contributed by atoms with van der Waals surface area (Å²) < 4.78 is 5.22. The molecule has 1 aliphatic rings. The monoisotopic (exact) mass is 309 g/mol. The summed E-state index contributed by atoms with van der Waals surface area (Å²) >= 11 is 0. The summed E-state index contributed by atoms with van der Waals surface area (Å²) in [5, 5.41) is 13.8. The Morgan fingerprint density at radius 3 is 2.77 bits per heavy atom. The lowest BCUT2D eigenvalue weighted by Gasteiger charge is -2.34. The first-order chi connectivity index (χ1) is 10.3. The molecule has 1 fully saturated rings. The van der Waals surface area contributed by atoms with Crippen molar-refractivity contribution in [2.24, 2.45) is 5.92 Å². The summed E-state index contributed by atoms with van der Waals surface area (Å²) in [6, 6.07) is 0. The Kier molecular flexibility index (Phi) is 5.21. The largest absolute Gasteiger partial charge is 0.391 e. The number of amides is 1. The predicted molar refractivity (Wildman–Crippen MR) is 82.3 cm³/mol. The zero-order chi connectivity index (χ0) is 16.3. The van der Waals surface area contributed by atoms with E-state index < -0.39 is 6.10 Å². The van der Waals surface area contributed by atoms with Crippen molar-refractivity contribution < 1.29 is 14.4 Å². The number of carbonyl (C=O) groups excluding carboxylic acids is 1. The van der Waals surface area contributed by atoms with Gasteiger partial charge < -0.3 is 14.5 Å². The Hall–Kier alpha value is -1.43. The lowest BCUT2D eigenvalue weighted by Crippen LogP contribution is -2.45. The first kappa shape index (κ1) is 16.9. The third kappa shape index (κ3) is 4.29. The fourth-order valence-electron chi connectivity index (χ4n) is 2.49. The summed E-state index contributed by atoms with van der Waals surface area (Å²) in [5.41, 5.74) is -0.127. The SMILES string of the molecule is CC1CCN(C(=O)CCCc2nc(C(C)(C)C)no2)CC1O. The summed E-state index contributed by atoms with van der Waals surface area (Å²) in [5.74, 6) is 1.66. The molecule has 1 aliphatic heterocycles. The maximum absolute atomic E-state index is 12.2. The molecule has 1 N–H and O–H groups in total. The van der Waals surface area contributed by atoms with E-state index in [1.54, 1.807) is 4.90 Å². The minimum absolute atomic E-state index is 0.0986. The normalized spacial score (nSPS) is 22.9. The molecule has 1 amide bonds. The van der Waals surface area contributed by atoms with Crippen LogP contribution in [0.2, 0.25) is 0 Å². The molecule has 0 saturated carbocycles. The van der Waals surface area contributed by atoms with Crippen molar-refractivity contribution in [1.29, 1.82) is 0 Å². The van der Waals surface area contributed by atoms with Crippen LogP contribution in [0, 0.1) is 5.92 Å². The Bertz CT molecular complexity index is 507. The highest BCUT2D eigenvalue weighted by Crippen LogP contribution is 2.20. The van der Waals surface area contributed by atoms with Gasteiger partial charge in [0.2, 0.25) is 11.8 Å². The van der Waals surface area contributed by atoms with Gasteiger partial charge in [-0.3, -0.25) is 4.79 Å². The second-order valence-electron chi connectivity index (χ2n) is 7.29. The number of aromatic nitrogens is 2. The molecule has 0 spiro atoms. The molecular weight excluding hydrogens is 282 g/mol. The molecule has 6 heteroatoms. The van der Waals surface area contributed by atoms with Gasteiger partial charge in [0.05, 0.1) is 6.10 Å². The predicted octanol–water partition coefficient (Wildman–Crippen LogP) is 1.92. The van der Waals surface area contributed by atoms with Gasteiger partial charge in [-0.25, -0.2) is 0 Å². The standard InChI is InChI=1S/C16H27N3O3/c1-11-8-9-19(10-12(11)20)14(21)7-5-6-13-17-15(18-22-13)16(2,3)4/h11-12,20H,5-10H2,1-4H3. The van der Waals surface area contributed by atoms with Gasteiger partial charge in [0.25, 0.3) is 0 Å². The van der Waals surface area contributed by atoms with Crippen molar-refractivity contribution in [3.05, 3.63) is 11.7 Å². The first-order valence-electron chi connectivity index (χ1n) is 8.06. The van der Waals surface area contributed by atoms with Crippen LogP contribution in [0.5, 0.6) is 0 Å². The van der Waals surface area contributed by atoms with Crippen molar-refractivity contribution >= 4 is 5.91 Å². The van der Waals surface area contributed by atoms with Gasteiger partial charge in [-0.1, -0.05) is 32.9 Å². The molecule has 2 heterocycles. The van der Waals surface area contributed by atoms with Gasteiger partial charge in [-0.05, 0) is 18.8 Å². The second-order valence-corrected chi connectivity index (χ2v) is 7.29. The summed E-state index contributed by atoms with van der Waals surface area (Å²) in [6.45, 7) is 9.32. The van der Waals surface area contributed by atoms with E-state index in [1.165, 1.54) is 0 Å². The number of piperidine rings is 1. The maximum atomic E-state index is 12.2. The van der Waals surface area contributed by atoms with E-state index in [1.807, 2.05) is 27.7 Å². The summed E-state index contributed by atoms with van der Waals surface area (Å²) in [4.78, 5) is 18.3. The molecule has 2 unspecified atom stereocenters.